The number of nitrogens with zero attached hydrogens (tertiary/aromatic N) is 2. The lowest BCUT2D eigenvalue weighted by atomic mass is 10.0. The Kier molecular flexibility index (Phi) is 12.4. The quantitative estimate of drug-likeness (QED) is 0.586. The zero-order chi connectivity index (χ0) is 22.4. The number of nitrogens with one attached hydrogen (secondary N) is 2. The van der Waals surface area contributed by atoms with E-state index in [4.69, 9.17) is 0 Å². The molecule has 2 aromatic rings. The van der Waals surface area contributed by atoms with E-state index < -0.39 is 11.9 Å². The molecule has 2 N–H and O–H groups in total. The summed E-state index contributed by atoms with van der Waals surface area (Å²) in [4.78, 5) is 33.3. The first kappa shape index (κ1) is 25.6. The SMILES string of the molecule is CCC.CS[C@H](CC(C)C)NC(=O)C(Cc1ccccc1)NC(=O)c1cnccn1. The van der Waals surface area contributed by atoms with Crippen LogP contribution in [-0.2, 0) is 11.2 Å². The van der Waals surface area contributed by atoms with Crippen molar-refractivity contribution in [2.24, 2.45) is 5.92 Å². The Morgan fingerprint density at radius 3 is 2.27 bits per heavy atom. The van der Waals surface area contributed by atoms with Crippen molar-refractivity contribution in [1.82, 2.24) is 20.6 Å². The summed E-state index contributed by atoms with van der Waals surface area (Å²) in [6.45, 7) is 8.49. The molecule has 0 radical (unpaired) electrons. The molecule has 2 atom stereocenters. The van der Waals surface area contributed by atoms with Gasteiger partial charge in [-0.05, 0) is 24.2 Å². The average Bonchev–Trinajstić information content (AvgIpc) is 2.74. The standard InChI is InChI=1S/C20H26N4O2S.C3H8/c1-14(2)11-18(27-3)24-19(25)16(12-15-7-5-4-6-8-15)23-20(26)17-13-21-9-10-22-17;1-3-2/h4-10,13-14,16,18H,11-12H2,1-3H3,(H,23,26)(H,24,25);3H2,1-2H3/t16?,18-;/m1./s1. The average molecular weight is 431 g/mol. The third kappa shape index (κ3) is 9.87. The molecule has 2 rings (SSSR count). The first-order chi connectivity index (χ1) is 14.4. The van der Waals surface area contributed by atoms with Gasteiger partial charge in [0.25, 0.3) is 5.91 Å². The molecule has 0 saturated carbocycles. The largest absolute Gasteiger partial charge is 0.343 e. The van der Waals surface area contributed by atoms with Gasteiger partial charge in [0.05, 0.1) is 11.6 Å². The second-order valence-electron chi connectivity index (χ2n) is 7.38. The van der Waals surface area contributed by atoms with Crippen molar-refractivity contribution in [2.75, 3.05) is 6.26 Å². The molecule has 0 spiro atoms. The Bertz CT molecular complexity index is 741. The Hall–Kier alpha value is -2.41. The number of hydrogen-bond donors (Lipinski definition) is 2. The van der Waals surface area contributed by atoms with E-state index in [0.717, 1.165) is 12.0 Å². The number of hydrogen-bond acceptors (Lipinski definition) is 5. The first-order valence-corrected chi connectivity index (χ1v) is 11.6. The van der Waals surface area contributed by atoms with Gasteiger partial charge < -0.3 is 10.6 Å². The molecule has 0 bridgehead atoms. The van der Waals surface area contributed by atoms with Crippen LogP contribution in [0.2, 0.25) is 0 Å². The Labute approximate surface area is 184 Å². The number of rotatable bonds is 9. The molecule has 0 fully saturated rings. The highest BCUT2D eigenvalue weighted by Crippen LogP contribution is 2.15. The summed E-state index contributed by atoms with van der Waals surface area (Å²) >= 11 is 1.60. The second kappa shape index (κ2) is 14.6. The maximum atomic E-state index is 12.9. The lowest BCUT2D eigenvalue weighted by molar-refractivity contribution is -0.123. The molecule has 1 heterocycles. The van der Waals surface area contributed by atoms with Crippen LogP contribution in [0.1, 0.15) is 56.6 Å². The molecule has 6 nitrogen and oxygen atoms in total. The van der Waals surface area contributed by atoms with Crippen LogP contribution in [-0.4, -0.2) is 39.5 Å². The van der Waals surface area contributed by atoms with Crippen LogP contribution in [0.3, 0.4) is 0 Å². The molecule has 0 aliphatic rings. The lowest BCUT2D eigenvalue weighted by Gasteiger charge is -2.23. The van der Waals surface area contributed by atoms with Crippen molar-refractivity contribution in [3.8, 4) is 0 Å². The summed E-state index contributed by atoms with van der Waals surface area (Å²) in [5, 5.41) is 5.85. The fourth-order valence-corrected chi connectivity index (χ4v) is 3.42. The highest BCUT2D eigenvalue weighted by Gasteiger charge is 2.24. The molecule has 1 unspecified atom stereocenters. The molecule has 164 valence electrons. The van der Waals surface area contributed by atoms with Gasteiger partial charge in [-0.1, -0.05) is 64.4 Å². The van der Waals surface area contributed by atoms with Crippen LogP contribution >= 0.6 is 11.8 Å². The molecule has 0 aliphatic heterocycles. The molecule has 30 heavy (non-hydrogen) atoms. The molecule has 0 saturated heterocycles. The molecular weight excluding hydrogens is 396 g/mol. The Morgan fingerprint density at radius 1 is 1.07 bits per heavy atom. The van der Waals surface area contributed by atoms with E-state index in [-0.39, 0.29) is 17.0 Å². The van der Waals surface area contributed by atoms with E-state index in [2.05, 4.69) is 48.3 Å². The lowest BCUT2D eigenvalue weighted by Crippen LogP contribution is -2.50. The zero-order valence-corrected chi connectivity index (χ0v) is 19.4. The fourth-order valence-electron chi connectivity index (χ4n) is 2.61. The Balaban J connectivity index is 0.00000141. The maximum Gasteiger partial charge on any atom is 0.272 e. The number of aromatic nitrogens is 2. The van der Waals surface area contributed by atoms with Gasteiger partial charge in [-0.2, -0.15) is 0 Å². The fraction of sp³-hybridized carbons (Fsp3) is 0.478. The van der Waals surface area contributed by atoms with Crippen LogP contribution in [0, 0.1) is 5.92 Å². The molecule has 0 aliphatic carbocycles. The third-order valence-electron chi connectivity index (χ3n) is 3.97. The summed E-state index contributed by atoms with van der Waals surface area (Å²) < 4.78 is 0. The van der Waals surface area contributed by atoms with Gasteiger partial charge in [0, 0.05) is 18.8 Å². The summed E-state index contributed by atoms with van der Waals surface area (Å²) in [5.74, 6) is -0.149. The van der Waals surface area contributed by atoms with E-state index in [9.17, 15) is 9.59 Å². The van der Waals surface area contributed by atoms with E-state index in [1.807, 2.05) is 36.6 Å². The number of carbonyl (C=O) groups excluding carboxylic acids is 2. The van der Waals surface area contributed by atoms with Crippen molar-refractivity contribution in [1.29, 1.82) is 0 Å². The third-order valence-corrected chi connectivity index (χ3v) is 4.85. The minimum atomic E-state index is -0.691. The summed E-state index contributed by atoms with van der Waals surface area (Å²) in [6, 6.07) is 8.94. The highest BCUT2D eigenvalue weighted by molar-refractivity contribution is 7.99. The van der Waals surface area contributed by atoms with Crippen LogP contribution < -0.4 is 10.6 Å². The number of amides is 2. The number of thioether (sulfide) groups is 1. The molecule has 1 aromatic carbocycles. The Morgan fingerprint density at radius 2 is 1.73 bits per heavy atom. The van der Waals surface area contributed by atoms with Gasteiger partial charge in [-0.15, -0.1) is 11.8 Å². The van der Waals surface area contributed by atoms with Crippen LogP contribution in [0.5, 0.6) is 0 Å². The predicted octanol–water partition coefficient (Wildman–Crippen LogP) is 4.09. The monoisotopic (exact) mass is 430 g/mol. The molecular formula is C23H34N4O2S. The van der Waals surface area contributed by atoms with Crippen LogP contribution in [0.15, 0.2) is 48.9 Å². The highest BCUT2D eigenvalue weighted by atomic mass is 32.2. The van der Waals surface area contributed by atoms with Crippen LogP contribution in [0.4, 0.5) is 0 Å². The van der Waals surface area contributed by atoms with Gasteiger partial charge in [0.15, 0.2) is 0 Å². The molecule has 7 heteroatoms. The smallest absolute Gasteiger partial charge is 0.272 e. The van der Waals surface area contributed by atoms with Crippen molar-refractivity contribution < 1.29 is 9.59 Å². The van der Waals surface area contributed by atoms with Gasteiger partial charge in [0.1, 0.15) is 11.7 Å². The molecule has 1 aromatic heterocycles. The van der Waals surface area contributed by atoms with Crippen molar-refractivity contribution >= 4 is 23.6 Å². The topological polar surface area (TPSA) is 84.0 Å². The zero-order valence-electron chi connectivity index (χ0n) is 18.6. The predicted molar refractivity (Wildman–Crippen MR) is 124 cm³/mol. The number of carbonyl (C=O) groups is 2. The first-order valence-electron chi connectivity index (χ1n) is 10.3. The minimum absolute atomic E-state index is 0.00388. The van der Waals surface area contributed by atoms with Crippen molar-refractivity contribution in [2.45, 2.75) is 58.4 Å². The van der Waals surface area contributed by atoms with Crippen molar-refractivity contribution in [3.63, 3.8) is 0 Å². The summed E-state index contributed by atoms with van der Waals surface area (Å²) in [7, 11) is 0. The van der Waals surface area contributed by atoms with E-state index >= 15 is 0 Å². The van der Waals surface area contributed by atoms with Gasteiger partial charge >= 0.3 is 0 Å². The maximum absolute atomic E-state index is 12.9. The summed E-state index contributed by atoms with van der Waals surface area (Å²) in [5.41, 5.74) is 1.16. The number of benzene rings is 1. The van der Waals surface area contributed by atoms with Crippen molar-refractivity contribution in [3.05, 3.63) is 60.2 Å². The van der Waals surface area contributed by atoms with Gasteiger partial charge in [0.2, 0.25) is 5.91 Å². The van der Waals surface area contributed by atoms with Crippen LogP contribution in [0.25, 0.3) is 0 Å². The van der Waals surface area contributed by atoms with E-state index in [1.54, 1.807) is 11.8 Å². The second-order valence-corrected chi connectivity index (χ2v) is 8.42. The normalized spacial score (nSPS) is 12.3. The van der Waals surface area contributed by atoms with Gasteiger partial charge in [-0.25, -0.2) is 4.98 Å². The van der Waals surface area contributed by atoms with E-state index in [0.29, 0.717) is 12.3 Å². The summed E-state index contributed by atoms with van der Waals surface area (Å²) in [6.07, 6.45) is 8.83. The molecule has 2 amide bonds. The minimum Gasteiger partial charge on any atom is -0.343 e. The van der Waals surface area contributed by atoms with Gasteiger partial charge in [-0.3, -0.25) is 14.6 Å². The van der Waals surface area contributed by atoms with E-state index in [1.165, 1.54) is 25.0 Å².